The van der Waals surface area contributed by atoms with Gasteiger partial charge in [-0.3, -0.25) is 18.8 Å². The van der Waals surface area contributed by atoms with Crippen molar-refractivity contribution in [1.82, 2.24) is 19.3 Å². The predicted molar refractivity (Wildman–Crippen MR) is 85.3 cm³/mol. The molecule has 3 aromatic rings. The van der Waals surface area contributed by atoms with Crippen LogP contribution in [0.4, 0.5) is 0 Å². The summed E-state index contributed by atoms with van der Waals surface area (Å²) in [6.07, 6.45) is 3.23. The molecule has 0 aliphatic carbocycles. The molecule has 0 fully saturated rings. The first-order valence-corrected chi connectivity index (χ1v) is 6.97. The summed E-state index contributed by atoms with van der Waals surface area (Å²) in [7, 11) is 1.79. The number of hydrogen-bond acceptors (Lipinski definition) is 4. The monoisotopic (exact) mass is 309 g/mol. The van der Waals surface area contributed by atoms with Crippen LogP contribution in [0.1, 0.15) is 16.1 Å². The molecule has 2 N–H and O–H groups in total. The van der Waals surface area contributed by atoms with Crippen LogP contribution in [-0.2, 0) is 7.05 Å². The summed E-state index contributed by atoms with van der Waals surface area (Å²) >= 11 is 0. The molecule has 0 spiro atoms. The predicted octanol–water partition coefficient (Wildman–Crippen LogP) is 1.04. The van der Waals surface area contributed by atoms with Crippen LogP contribution in [0.15, 0.2) is 47.5 Å². The van der Waals surface area contributed by atoms with Crippen LogP contribution in [0.2, 0.25) is 0 Å². The highest BCUT2D eigenvalue weighted by Gasteiger charge is 2.19. The van der Waals surface area contributed by atoms with Crippen molar-refractivity contribution in [2.75, 3.05) is 0 Å². The maximum absolute atomic E-state index is 12.6. The van der Waals surface area contributed by atoms with Gasteiger partial charge in [0.25, 0.3) is 11.5 Å². The summed E-state index contributed by atoms with van der Waals surface area (Å²) in [5.74, 6) is -0.343. The normalized spacial score (nSPS) is 10.7. The van der Waals surface area contributed by atoms with E-state index in [1.54, 1.807) is 55.3 Å². The van der Waals surface area contributed by atoms with Crippen molar-refractivity contribution in [3.63, 3.8) is 0 Å². The van der Waals surface area contributed by atoms with Crippen LogP contribution < -0.4 is 11.3 Å². The van der Waals surface area contributed by atoms with E-state index < -0.39 is 11.5 Å². The Labute approximate surface area is 132 Å². The fourth-order valence-electron chi connectivity index (χ4n) is 2.54. The molecule has 0 aliphatic heterocycles. The Balaban J connectivity index is 2.40. The average molecular weight is 309 g/mol. The van der Waals surface area contributed by atoms with Gasteiger partial charge in [-0.15, -0.1) is 0 Å². The van der Waals surface area contributed by atoms with Crippen molar-refractivity contribution in [3.05, 3.63) is 64.3 Å². The van der Waals surface area contributed by atoms with Crippen molar-refractivity contribution >= 4 is 5.91 Å². The Morgan fingerprint density at radius 3 is 2.57 bits per heavy atom. The third-order valence-corrected chi connectivity index (χ3v) is 3.69. The second kappa shape index (κ2) is 5.53. The Morgan fingerprint density at radius 2 is 2.00 bits per heavy atom. The van der Waals surface area contributed by atoms with Gasteiger partial charge in [0.05, 0.1) is 5.69 Å². The Bertz CT molecular complexity index is 941. The van der Waals surface area contributed by atoms with Gasteiger partial charge in [-0.05, 0) is 31.2 Å². The van der Waals surface area contributed by atoms with Gasteiger partial charge in [-0.25, -0.2) is 4.98 Å². The molecule has 0 aromatic carbocycles. The minimum Gasteiger partial charge on any atom is -0.365 e. The number of nitrogens with zero attached hydrogens (tertiary/aromatic N) is 4. The summed E-state index contributed by atoms with van der Waals surface area (Å²) in [5, 5.41) is 4.13. The van der Waals surface area contributed by atoms with Crippen molar-refractivity contribution in [1.29, 1.82) is 0 Å². The lowest BCUT2D eigenvalue weighted by molar-refractivity contribution is 0.0998. The molecule has 0 bridgehead atoms. The second-order valence-corrected chi connectivity index (χ2v) is 5.09. The van der Waals surface area contributed by atoms with E-state index in [9.17, 15) is 9.59 Å². The lowest BCUT2D eigenvalue weighted by Gasteiger charge is -2.15. The molecule has 0 saturated heterocycles. The molecule has 7 nitrogen and oxygen atoms in total. The molecule has 0 atom stereocenters. The van der Waals surface area contributed by atoms with Gasteiger partial charge in [-0.1, -0.05) is 6.07 Å². The molecule has 116 valence electrons. The van der Waals surface area contributed by atoms with Gasteiger partial charge in [-0.2, -0.15) is 5.10 Å². The molecule has 0 saturated carbocycles. The third kappa shape index (κ3) is 2.42. The van der Waals surface area contributed by atoms with Gasteiger partial charge < -0.3 is 5.73 Å². The van der Waals surface area contributed by atoms with Gasteiger partial charge in [0.2, 0.25) is 0 Å². The Kier molecular flexibility index (Phi) is 3.53. The van der Waals surface area contributed by atoms with E-state index in [2.05, 4.69) is 10.1 Å². The lowest BCUT2D eigenvalue weighted by Crippen LogP contribution is -2.31. The number of nitrogens with two attached hydrogens (primary N) is 1. The number of rotatable bonds is 3. The topological polar surface area (TPSA) is 95.8 Å². The summed E-state index contributed by atoms with van der Waals surface area (Å²) in [5.41, 5.74) is 6.93. The van der Waals surface area contributed by atoms with E-state index >= 15 is 0 Å². The molecule has 0 unspecified atom stereocenters. The molecule has 3 aromatic heterocycles. The number of primary amides is 1. The summed E-state index contributed by atoms with van der Waals surface area (Å²) in [6.45, 7) is 1.79. The van der Waals surface area contributed by atoms with Gasteiger partial charge >= 0.3 is 0 Å². The molecule has 23 heavy (non-hydrogen) atoms. The number of carbonyl (C=O) groups is 1. The SMILES string of the molecule is Cc1c(-c2ccnn2C)cc(C(N)=O)c(=O)n1-c1ccccn1. The number of aryl methyl sites for hydroxylation is 1. The van der Waals surface area contributed by atoms with Crippen LogP contribution >= 0.6 is 0 Å². The van der Waals surface area contributed by atoms with Gasteiger partial charge in [0.15, 0.2) is 0 Å². The van der Waals surface area contributed by atoms with Crippen molar-refractivity contribution in [2.45, 2.75) is 6.92 Å². The van der Waals surface area contributed by atoms with Crippen molar-refractivity contribution in [3.8, 4) is 17.1 Å². The first kappa shape index (κ1) is 14.7. The van der Waals surface area contributed by atoms with Crippen molar-refractivity contribution in [2.24, 2.45) is 12.8 Å². The van der Waals surface area contributed by atoms with Gasteiger partial charge in [0.1, 0.15) is 11.4 Å². The number of carbonyl (C=O) groups excluding carboxylic acids is 1. The van der Waals surface area contributed by atoms with E-state index in [0.717, 1.165) is 5.69 Å². The first-order chi connectivity index (χ1) is 11.0. The minimum atomic E-state index is -0.775. The number of hydrogen-bond donors (Lipinski definition) is 1. The van der Waals surface area contributed by atoms with E-state index in [1.165, 1.54) is 10.6 Å². The van der Waals surface area contributed by atoms with Crippen LogP contribution in [0.5, 0.6) is 0 Å². The smallest absolute Gasteiger partial charge is 0.269 e. The number of aromatic nitrogens is 4. The zero-order chi connectivity index (χ0) is 16.6. The van der Waals surface area contributed by atoms with Crippen LogP contribution in [0.25, 0.3) is 17.1 Å². The van der Waals surface area contributed by atoms with E-state index in [4.69, 9.17) is 5.73 Å². The molecule has 0 aliphatic rings. The molecule has 1 amide bonds. The maximum Gasteiger partial charge on any atom is 0.269 e. The highest BCUT2D eigenvalue weighted by molar-refractivity contribution is 5.94. The van der Waals surface area contributed by atoms with Crippen LogP contribution in [0.3, 0.4) is 0 Å². The van der Waals surface area contributed by atoms with Crippen LogP contribution in [-0.4, -0.2) is 25.2 Å². The Hall–Kier alpha value is -3.22. The summed E-state index contributed by atoms with van der Waals surface area (Å²) < 4.78 is 3.06. The van der Waals surface area contributed by atoms with Crippen molar-refractivity contribution < 1.29 is 4.79 Å². The van der Waals surface area contributed by atoms with Gasteiger partial charge in [0, 0.05) is 30.7 Å². The molecule has 3 heterocycles. The average Bonchev–Trinajstić information content (AvgIpc) is 2.94. The number of amides is 1. The molecule has 0 radical (unpaired) electrons. The maximum atomic E-state index is 12.6. The lowest BCUT2D eigenvalue weighted by atomic mass is 10.1. The fourth-order valence-corrected chi connectivity index (χ4v) is 2.54. The molecule has 3 rings (SSSR count). The quantitative estimate of drug-likeness (QED) is 0.782. The van der Waals surface area contributed by atoms with Crippen LogP contribution in [0, 0.1) is 6.92 Å². The summed E-state index contributed by atoms with van der Waals surface area (Å²) in [6, 6.07) is 8.54. The van der Waals surface area contributed by atoms with E-state index in [0.29, 0.717) is 17.1 Å². The first-order valence-electron chi connectivity index (χ1n) is 6.97. The fraction of sp³-hybridized carbons (Fsp3) is 0.125. The van der Waals surface area contributed by atoms with E-state index in [1.807, 2.05) is 0 Å². The molecular formula is C16H15N5O2. The summed E-state index contributed by atoms with van der Waals surface area (Å²) in [4.78, 5) is 28.5. The molecule has 7 heteroatoms. The zero-order valence-electron chi connectivity index (χ0n) is 12.7. The zero-order valence-corrected chi connectivity index (χ0v) is 12.7. The van der Waals surface area contributed by atoms with E-state index in [-0.39, 0.29) is 5.56 Å². The Morgan fingerprint density at radius 1 is 1.22 bits per heavy atom. The molecular weight excluding hydrogens is 294 g/mol. The second-order valence-electron chi connectivity index (χ2n) is 5.09. The number of pyridine rings is 2. The minimum absolute atomic E-state index is 0.0857. The standard InChI is InChI=1S/C16H15N5O2/c1-10-11(13-6-8-19-20(13)2)9-12(15(17)22)16(23)21(10)14-5-3-4-7-18-14/h3-9H,1-2H3,(H2,17,22). The highest BCUT2D eigenvalue weighted by atomic mass is 16.2. The largest absolute Gasteiger partial charge is 0.365 e. The highest BCUT2D eigenvalue weighted by Crippen LogP contribution is 2.23. The third-order valence-electron chi connectivity index (χ3n) is 3.69.